The molecule has 2 heterocycles. The Balaban J connectivity index is 1.98. The first-order chi connectivity index (χ1) is 12.9. The molecule has 3 aromatic rings. The van der Waals surface area contributed by atoms with Crippen LogP contribution in [0.5, 0.6) is 5.88 Å². The molecule has 0 aliphatic carbocycles. The lowest BCUT2D eigenvalue weighted by Gasteiger charge is -2.15. The van der Waals surface area contributed by atoms with Crippen LogP contribution >= 0.6 is 0 Å². The van der Waals surface area contributed by atoms with Gasteiger partial charge in [0.1, 0.15) is 0 Å². The first-order valence-corrected chi connectivity index (χ1v) is 7.87. The number of hydrogen-bond acceptors (Lipinski definition) is 5. The zero-order chi connectivity index (χ0) is 19.6. The highest BCUT2D eigenvalue weighted by molar-refractivity contribution is 5.57. The fourth-order valence-corrected chi connectivity index (χ4v) is 2.43. The van der Waals surface area contributed by atoms with E-state index in [0.717, 1.165) is 18.3 Å². The third kappa shape index (κ3) is 4.08. The number of rotatable bonds is 5. The van der Waals surface area contributed by atoms with Crippen LogP contribution in [0.4, 0.5) is 24.8 Å². The highest BCUT2D eigenvalue weighted by Crippen LogP contribution is 2.21. The number of hydrogen-bond donors (Lipinski definition) is 1. The second kappa shape index (κ2) is 7.48. The van der Waals surface area contributed by atoms with Gasteiger partial charge in [-0.3, -0.25) is 4.79 Å². The zero-order valence-corrected chi connectivity index (χ0v) is 14.5. The molecule has 140 valence electrons. The first-order valence-electron chi connectivity index (χ1n) is 7.87. The van der Waals surface area contributed by atoms with Gasteiger partial charge in [0.15, 0.2) is 11.6 Å². The number of methoxy groups -OCH3 is 1. The van der Waals surface area contributed by atoms with E-state index in [-0.39, 0.29) is 12.5 Å². The molecule has 9 heteroatoms. The SMILES string of the molecule is COc1ccc(Nc2nc(=O)c(F)cn2Cc2ccc(F)c(F)c2)c(C)n1. The standard InChI is InChI=1S/C18H15F3N4O2/c1-10-15(5-6-16(22-10)27-2)23-18-24-17(26)14(21)9-25(18)8-11-3-4-12(19)13(20)7-11/h3-7,9H,8H2,1-2H3,(H,23,24,26). The Kier molecular flexibility index (Phi) is 5.11. The molecule has 1 N–H and O–H groups in total. The molecule has 0 unspecified atom stereocenters. The van der Waals surface area contributed by atoms with Crippen molar-refractivity contribution in [2.75, 3.05) is 12.4 Å². The predicted molar refractivity (Wildman–Crippen MR) is 92.7 cm³/mol. The van der Waals surface area contributed by atoms with Gasteiger partial charge in [-0.1, -0.05) is 6.07 Å². The van der Waals surface area contributed by atoms with Crippen LogP contribution < -0.4 is 15.6 Å². The number of pyridine rings is 1. The van der Waals surface area contributed by atoms with Crippen molar-refractivity contribution in [2.24, 2.45) is 0 Å². The Hall–Kier alpha value is -3.36. The van der Waals surface area contributed by atoms with Crippen LogP contribution in [-0.2, 0) is 6.54 Å². The smallest absolute Gasteiger partial charge is 0.310 e. The van der Waals surface area contributed by atoms with E-state index in [4.69, 9.17) is 4.74 Å². The third-order valence-corrected chi connectivity index (χ3v) is 3.81. The van der Waals surface area contributed by atoms with Crippen LogP contribution in [0, 0.1) is 24.4 Å². The van der Waals surface area contributed by atoms with E-state index in [1.54, 1.807) is 19.1 Å². The van der Waals surface area contributed by atoms with Crippen molar-refractivity contribution in [3.63, 3.8) is 0 Å². The average Bonchev–Trinajstić information content (AvgIpc) is 2.64. The van der Waals surface area contributed by atoms with Crippen LogP contribution in [0.25, 0.3) is 0 Å². The normalized spacial score (nSPS) is 10.7. The summed E-state index contributed by atoms with van der Waals surface area (Å²) in [5.41, 5.74) is 0.408. The fourth-order valence-electron chi connectivity index (χ4n) is 2.43. The lowest BCUT2D eigenvalue weighted by molar-refractivity contribution is 0.397. The molecule has 27 heavy (non-hydrogen) atoms. The minimum absolute atomic E-state index is 0.0289. The summed E-state index contributed by atoms with van der Waals surface area (Å²) in [5, 5.41) is 2.91. The van der Waals surface area contributed by atoms with Gasteiger partial charge in [-0.25, -0.2) is 13.8 Å². The van der Waals surface area contributed by atoms with Crippen molar-refractivity contribution in [2.45, 2.75) is 13.5 Å². The third-order valence-electron chi connectivity index (χ3n) is 3.81. The number of benzene rings is 1. The molecule has 0 saturated heterocycles. The van der Waals surface area contributed by atoms with Crippen molar-refractivity contribution in [3.05, 3.63) is 75.6 Å². The molecule has 0 radical (unpaired) electrons. The summed E-state index contributed by atoms with van der Waals surface area (Å²) in [6.07, 6.45) is 0.950. The quantitative estimate of drug-likeness (QED) is 0.741. The Morgan fingerprint density at radius 2 is 1.85 bits per heavy atom. The Bertz CT molecular complexity index is 1050. The summed E-state index contributed by atoms with van der Waals surface area (Å²) in [6, 6.07) is 6.60. The minimum Gasteiger partial charge on any atom is -0.481 e. The summed E-state index contributed by atoms with van der Waals surface area (Å²) >= 11 is 0. The van der Waals surface area contributed by atoms with Gasteiger partial charge >= 0.3 is 5.56 Å². The number of nitrogens with zero attached hydrogens (tertiary/aromatic N) is 3. The van der Waals surface area contributed by atoms with Crippen LogP contribution in [0.3, 0.4) is 0 Å². The second-order valence-electron chi connectivity index (χ2n) is 5.71. The number of ether oxygens (including phenoxy) is 1. The number of halogens is 3. The molecular weight excluding hydrogens is 361 g/mol. The summed E-state index contributed by atoms with van der Waals surface area (Å²) in [4.78, 5) is 19.5. The summed E-state index contributed by atoms with van der Waals surface area (Å²) in [7, 11) is 1.48. The van der Waals surface area contributed by atoms with E-state index in [9.17, 15) is 18.0 Å². The largest absolute Gasteiger partial charge is 0.481 e. The Morgan fingerprint density at radius 3 is 2.52 bits per heavy atom. The molecule has 0 amide bonds. The van der Waals surface area contributed by atoms with Crippen LogP contribution in [-0.4, -0.2) is 21.6 Å². The number of aromatic nitrogens is 3. The Labute approximate surface area is 152 Å². The first kappa shape index (κ1) is 18.4. The van der Waals surface area contributed by atoms with Crippen molar-refractivity contribution >= 4 is 11.6 Å². The second-order valence-corrected chi connectivity index (χ2v) is 5.71. The van der Waals surface area contributed by atoms with Gasteiger partial charge in [0.2, 0.25) is 17.6 Å². The van der Waals surface area contributed by atoms with E-state index in [1.807, 2.05) is 0 Å². The lowest BCUT2D eigenvalue weighted by atomic mass is 10.2. The van der Waals surface area contributed by atoms with E-state index >= 15 is 0 Å². The molecule has 1 aromatic carbocycles. The fraction of sp³-hybridized carbons (Fsp3) is 0.167. The van der Waals surface area contributed by atoms with Crippen molar-refractivity contribution in [3.8, 4) is 5.88 Å². The maximum atomic E-state index is 13.7. The van der Waals surface area contributed by atoms with E-state index in [0.29, 0.717) is 22.8 Å². The summed E-state index contributed by atoms with van der Waals surface area (Å²) in [5.74, 6) is -2.63. The van der Waals surface area contributed by atoms with E-state index in [1.165, 1.54) is 17.7 Å². The van der Waals surface area contributed by atoms with Crippen molar-refractivity contribution < 1.29 is 17.9 Å². The van der Waals surface area contributed by atoms with Gasteiger partial charge in [0, 0.05) is 12.3 Å². The predicted octanol–water partition coefficient (Wildman–Crippen LogP) is 3.16. The molecule has 0 aliphatic rings. The monoisotopic (exact) mass is 376 g/mol. The van der Waals surface area contributed by atoms with Crippen LogP contribution in [0.2, 0.25) is 0 Å². The number of anilines is 2. The van der Waals surface area contributed by atoms with Gasteiger partial charge in [-0.05, 0) is 30.7 Å². The van der Waals surface area contributed by atoms with Crippen molar-refractivity contribution in [1.29, 1.82) is 0 Å². The topological polar surface area (TPSA) is 69.0 Å². The van der Waals surface area contributed by atoms with Crippen LogP contribution in [0.1, 0.15) is 11.3 Å². The molecule has 0 atom stereocenters. The Morgan fingerprint density at radius 1 is 1.07 bits per heavy atom. The minimum atomic E-state index is -1.06. The highest BCUT2D eigenvalue weighted by atomic mass is 19.2. The molecule has 6 nitrogen and oxygen atoms in total. The van der Waals surface area contributed by atoms with E-state index in [2.05, 4.69) is 15.3 Å². The van der Waals surface area contributed by atoms with Crippen LogP contribution in [0.15, 0.2) is 41.3 Å². The van der Waals surface area contributed by atoms with E-state index < -0.39 is 23.0 Å². The lowest BCUT2D eigenvalue weighted by Crippen LogP contribution is -2.20. The van der Waals surface area contributed by atoms with Gasteiger partial charge in [-0.2, -0.15) is 9.37 Å². The number of nitrogens with one attached hydrogen (secondary N) is 1. The molecule has 3 rings (SSSR count). The van der Waals surface area contributed by atoms with Gasteiger partial charge in [0.25, 0.3) is 0 Å². The maximum absolute atomic E-state index is 13.7. The molecule has 0 fully saturated rings. The molecule has 0 bridgehead atoms. The van der Waals surface area contributed by atoms with Gasteiger partial charge in [0.05, 0.1) is 25.0 Å². The summed E-state index contributed by atoms with van der Waals surface area (Å²) in [6.45, 7) is 1.68. The zero-order valence-electron chi connectivity index (χ0n) is 14.5. The van der Waals surface area contributed by atoms with Gasteiger partial charge < -0.3 is 14.6 Å². The number of aryl methyl sites for hydroxylation is 1. The maximum Gasteiger partial charge on any atom is 0.310 e. The van der Waals surface area contributed by atoms with Crippen molar-refractivity contribution in [1.82, 2.24) is 14.5 Å². The molecule has 0 saturated carbocycles. The highest BCUT2D eigenvalue weighted by Gasteiger charge is 2.12. The average molecular weight is 376 g/mol. The summed E-state index contributed by atoms with van der Waals surface area (Å²) < 4.78 is 46.6. The van der Waals surface area contributed by atoms with Gasteiger partial charge in [-0.15, -0.1) is 0 Å². The molecular formula is C18H15F3N4O2. The molecule has 0 spiro atoms. The molecule has 2 aromatic heterocycles. The molecule has 0 aliphatic heterocycles.